The highest BCUT2D eigenvalue weighted by Crippen LogP contribution is 2.76. The Balaban J connectivity index is 2.22. The van der Waals surface area contributed by atoms with Crippen LogP contribution in [0.25, 0.3) is 0 Å². The predicted molar refractivity (Wildman–Crippen MR) is 49.6 cm³/mol. The van der Waals surface area contributed by atoms with E-state index in [1.54, 1.807) is 0 Å². The minimum Gasteiger partial charge on any atom is -0.505 e. The first-order valence-corrected chi connectivity index (χ1v) is 6.10. The molecule has 0 unspecified atom stereocenters. The summed E-state index contributed by atoms with van der Waals surface area (Å²) >= 11 is 0. The first-order chi connectivity index (χ1) is 8.41. The summed E-state index contributed by atoms with van der Waals surface area (Å²) in [5.74, 6) is -3.97. The average molecular weight is 277 g/mol. The van der Waals surface area contributed by atoms with Crippen LogP contribution >= 0.6 is 7.82 Å². The van der Waals surface area contributed by atoms with Crippen molar-refractivity contribution in [2.24, 2.45) is 0 Å². The maximum absolute atomic E-state index is 13.8. The molecular weight excluding hydrogens is 272 g/mol. The van der Waals surface area contributed by atoms with Crippen LogP contribution in [0.3, 0.4) is 0 Å². The van der Waals surface area contributed by atoms with Gasteiger partial charge in [0.05, 0.1) is 11.3 Å². The van der Waals surface area contributed by atoms with Crippen LogP contribution in [0.5, 0.6) is 5.75 Å². The van der Waals surface area contributed by atoms with E-state index in [0.29, 0.717) is 0 Å². The lowest BCUT2D eigenvalue weighted by Gasteiger charge is -2.30. The first kappa shape index (κ1) is 11.7. The fourth-order valence-corrected chi connectivity index (χ4v) is 2.77. The number of rotatable bonds is 2. The van der Waals surface area contributed by atoms with E-state index in [0.717, 1.165) is 0 Å². The number of hydrogen-bond acceptors (Lipinski definition) is 8. The molecule has 0 radical (unpaired) electrons. The van der Waals surface area contributed by atoms with Crippen molar-refractivity contribution < 1.29 is 37.5 Å². The second-order valence-corrected chi connectivity index (χ2v) is 5.00. The Bertz CT molecular complexity index is 608. The molecule has 3 saturated heterocycles. The number of pyridine rings is 1. The van der Waals surface area contributed by atoms with Crippen molar-refractivity contribution in [1.82, 2.24) is 4.98 Å². The smallest absolute Gasteiger partial charge is 0.505 e. The van der Waals surface area contributed by atoms with Crippen molar-refractivity contribution in [2.75, 3.05) is 0 Å². The average Bonchev–Trinajstić information content (AvgIpc) is 2.76. The molecule has 1 aromatic rings. The van der Waals surface area contributed by atoms with Crippen molar-refractivity contribution in [3.05, 3.63) is 22.8 Å². The molecule has 4 rings (SSSR count). The highest BCUT2D eigenvalue weighted by atomic mass is 31.2. The molecular formula is C8H5FNO7P. The van der Waals surface area contributed by atoms with Gasteiger partial charge in [0.2, 0.25) is 5.95 Å². The molecule has 1 aromatic heterocycles. The number of carbonyl (C=O) groups excluding carboxylic acids is 1. The summed E-state index contributed by atoms with van der Waals surface area (Å²) in [4.78, 5) is 18.7. The van der Waals surface area contributed by atoms with Crippen LogP contribution in [0.4, 0.5) is 4.39 Å². The largest absolute Gasteiger partial charge is 0.511 e. The SMILES string of the molecule is Cc1nc(F)c(C23OOP(=O)(O2)O3)c(C=O)c1O. The molecule has 3 aliphatic heterocycles. The minimum atomic E-state index is -3.82. The number of carbonyl (C=O) groups is 1. The van der Waals surface area contributed by atoms with E-state index >= 15 is 0 Å². The maximum Gasteiger partial charge on any atom is 0.511 e. The molecule has 0 atom stereocenters. The van der Waals surface area contributed by atoms with Crippen LogP contribution in [0, 0.1) is 12.9 Å². The number of fused-ring (bicyclic) bond motifs is 1. The molecule has 18 heavy (non-hydrogen) atoms. The van der Waals surface area contributed by atoms with Crippen LogP contribution in [-0.2, 0) is 29.1 Å². The summed E-state index contributed by atoms with van der Waals surface area (Å²) in [6, 6.07) is 0. The molecule has 8 nitrogen and oxygen atoms in total. The van der Waals surface area contributed by atoms with Crippen LogP contribution in [0.15, 0.2) is 0 Å². The van der Waals surface area contributed by atoms with E-state index < -0.39 is 36.6 Å². The van der Waals surface area contributed by atoms with Crippen LogP contribution in [0.2, 0.25) is 0 Å². The number of aryl methyl sites for hydroxylation is 1. The van der Waals surface area contributed by atoms with E-state index in [4.69, 9.17) is 0 Å². The summed E-state index contributed by atoms with van der Waals surface area (Å²) in [6.45, 7) is 1.30. The molecule has 4 heterocycles. The van der Waals surface area contributed by atoms with Crippen LogP contribution < -0.4 is 0 Å². The fraction of sp³-hybridized carbons (Fsp3) is 0.250. The van der Waals surface area contributed by atoms with Crippen molar-refractivity contribution in [1.29, 1.82) is 0 Å². The topological polar surface area (TPSA) is 104 Å². The van der Waals surface area contributed by atoms with Crippen LogP contribution in [0.1, 0.15) is 21.6 Å². The minimum absolute atomic E-state index is 0.101. The lowest BCUT2D eigenvalue weighted by atomic mass is 10.1. The highest BCUT2D eigenvalue weighted by molar-refractivity contribution is 7.49. The van der Waals surface area contributed by atoms with Gasteiger partial charge < -0.3 is 5.11 Å². The molecule has 3 aliphatic rings. The van der Waals surface area contributed by atoms with Crippen molar-refractivity contribution in [3.63, 3.8) is 0 Å². The molecule has 0 aromatic carbocycles. The standard InChI is InChI=1S/C8H5FNO7P/c1-3-6(12)4(2-11)5(7(9)10-3)8-14-17-18(13,15-8)16-8/h2,12H,1H3. The van der Waals surface area contributed by atoms with Gasteiger partial charge in [0.1, 0.15) is 11.3 Å². The zero-order chi connectivity index (χ0) is 13.1. The fourth-order valence-electron chi connectivity index (χ4n) is 1.68. The van der Waals surface area contributed by atoms with Gasteiger partial charge in [0, 0.05) is 0 Å². The Morgan fingerprint density at radius 3 is 2.67 bits per heavy atom. The molecule has 0 aliphatic carbocycles. The lowest BCUT2D eigenvalue weighted by Crippen LogP contribution is -2.36. The Morgan fingerprint density at radius 2 is 2.17 bits per heavy atom. The number of aldehydes is 1. The predicted octanol–water partition coefficient (Wildman–Crippen LogP) is 1.27. The Labute approximate surface area is 98.8 Å². The summed E-state index contributed by atoms with van der Waals surface area (Å²) < 4.78 is 38.5. The normalized spacial score (nSPS) is 33.2. The van der Waals surface area contributed by atoms with Gasteiger partial charge in [0.15, 0.2) is 6.29 Å². The molecule has 2 bridgehead atoms. The van der Waals surface area contributed by atoms with Crippen molar-refractivity contribution >= 4 is 14.1 Å². The zero-order valence-electron chi connectivity index (χ0n) is 8.75. The highest BCUT2D eigenvalue weighted by Gasteiger charge is 2.71. The summed E-state index contributed by atoms with van der Waals surface area (Å²) in [6.07, 6.45) is 0.175. The molecule has 0 saturated carbocycles. The number of hydrogen-bond donors (Lipinski definition) is 1. The van der Waals surface area contributed by atoms with Gasteiger partial charge in [-0.05, 0) is 6.92 Å². The van der Waals surface area contributed by atoms with Gasteiger partial charge in [0.25, 0.3) is 0 Å². The maximum atomic E-state index is 13.8. The summed E-state index contributed by atoms with van der Waals surface area (Å²) in [5.41, 5.74) is -1.20. The Morgan fingerprint density at radius 1 is 1.50 bits per heavy atom. The number of nitrogens with zero attached hydrogens (tertiary/aromatic N) is 1. The lowest BCUT2D eigenvalue weighted by molar-refractivity contribution is -0.387. The molecule has 1 N–H and O–H groups in total. The van der Waals surface area contributed by atoms with Gasteiger partial charge in [-0.1, -0.05) is 0 Å². The van der Waals surface area contributed by atoms with Crippen molar-refractivity contribution in [3.8, 4) is 5.75 Å². The molecule has 0 spiro atoms. The van der Waals surface area contributed by atoms with Gasteiger partial charge in [-0.3, -0.25) is 4.79 Å². The number of phosphoric ester groups is 1. The quantitative estimate of drug-likeness (QED) is 0.373. The monoisotopic (exact) mass is 277 g/mol. The first-order valence-electron chi connectivity index (χ1n) is 4.64. The third-order valence-electron chi connectivity index (χ3n) is 2.47. The van der Waals surface area contributed by atoms with Gasteiger partial charge in [-0.15, -0.1) is 4.67 Å². The number of halogens is 1. The molecule has 0 amide bonds. The second kappa shape index (κ2) is 3.34. The number of aromatic hydroxyl groups is 1. The van der Waals surface area contributed by atoms with Crippen molar-refractivity contribution in [2.45, 2.75) is 12.9 Å². The van der Waals surface area contributed by atoms with Gasteiger partial charge >= 0.3 is 13.8 Å². The van der Waals surface area contributed by atoms with E-state index in [2.05, 4.69) is 23.6 Å². The number of aromatic nitrogens is 1. The zero-order valence-corrected chi connectivity index (χ0v) is 9.64. The summed E-state index contributed by atoms with van der Waals surface area (Å²) in [5, 5.41) is 9.62. The second-order valence-electron chi connectivity index (χ2n) is 3.59. The Hall–Kier alpha value is -1.38. The summed E-state index contributed by atoms with van der Waals surface area (Å²) in [7, 11) is -3.82. The van der Waals surface area contributed by atoms with E-state index in [9.17, 15) is 18.9 Å². The molecule has 10 heteroatoms. The molecule has 96 valence electrons. The van der Waals surface area contributed by atoms with E-state index in [-0.39, 0.29) is 12.0 Å². The van der Waals surface area contributed by atoms with E-state index in [1.165, 1.54) is 6.92 Å². The van der Waals surface area contributed by atoms with Gasteiger partial charge in [-0.2, -0.15) is 9.28 Å². The number of phosphoric acid groups is 1. The molecule has 3 fully saturated rings. The third-order valence-corrected chi connectivity index (χ3v) is 3.65. The van der Waals surface area contributed by atoms with E-state index in [1.807, 2.05) is 0 Å². The van der Waals surface area contributed by atoms with Crippen LogP contribution in [-0.4, -0.2) is 16.4 Å². The Kier molecular flexibility index (Phi) is 2.17. The van der Waals surface area contributed by atoms with Gasteiger partial charge in [-0.25, -0.2) is 18.6 Å². The third kappa shape index (κ3) is 1.30.